The van der Waals surface area contributed by atoms with Crippen LogP contribution in [0.1, 0.15) is 26.7 Å². The maximum Gasteiger partial charge on any atom is 0.306 e. The van der Waals surface area contributed by atoms with Crippen LogP contribution in [0, 0.1) is 0 Å². The molecule has 28 heavy (non-hydrogen) atoms. The van der Waals surface area contributed by atoms with Crippen LogP contribution in [0.2, 0.25) is 0 Å². The average molecular weight is 380 g/mol. The first-order valence-corrected chi connectivity index (χ1v) is 9.12. The monoisotopic (exact) mass is 380 g/mol. The number of para-hydroxylation sites is 1. The quantitative estimate of drug-likeness (QED) is 0.684. The third-order valence-electron chi connectivity index (χ3n) is 4.30. The Balaban J connectivity index is 1.59. The van der Waals surface area contributed by atoms with Gasteiger partial charge in [-0.1, -0.05) is 18.2 Å². The molecule has 0 bridgehead atoms. The van der Waals surface area contributed by atoms with Crippen LogP contribution in [0.4, 0.5) is 5.95 Å². The number of esters is 1. The highest BCUT2D eigenvalue weighted by molar-refractivity contribution is 5.95. The van der Waals surface area contributed by atoms with E-state index in [0.29, 0.717) is 12.1 Å². The van der Waals surface area contributed by atoms with Gasteiger partial charge in [0.2, 0.25) is 5.95 Å². The molecule has 1 amide bonds. The summed E-state index contributed by atoms with van der Waals surface area (Å²) in [6.07, 6.45) is 1.72. The van der Waals surface area contributed by atoms with Crippen LogP contribution in [0.25, 0.3) is 16.8 Å². The summed E-state index contributed by atoms with van der Waals surface area (Å²) in [6.45, 7) is 3.96. The Bertz CT molecular complexity index is 1040. The number of benzene rings is 1. The lowest BCUT2D eigenvalue weighted by Gasteiger charge is -2.14. The molecule has 3 aromatic rings. The lowest BCUT2D eigenvalue weighted by Crippen LogP contribution is -2.27. The van der Waals surface area contributed by atoms with E-state index >= 15 is 0 Å². The predicted octanol–water partition coefficient (Wildman–Crippen LogP) is 2.83. The number of rotatable bonds is 5. The van der Waals surface area contributed by atoms with Crippen molar-refractivity contribution in [2.45, 2.75) is 38.9 Å². The molecule has 4 rings (SSSR count). The fourth-order valence-corrected chi connectivity index (χ4v) is 3.06. The molecular formula is C20H20N4O4. The SMILES string of the molecule is CC(C)Oc1ccccc1-c1ccc2nc(NC(=O)[C@H]3CCC(=O)O3)nn2c1. The van der Waals surface area contributed by atoms with Gasteiger partial charge in [0.05, 0.1) is 6.10 Å². The van der Waals surface area contributed by atoms with Gasteiger partial charge in [0.25, 0.3) is 5.91 Å². The van der Waals surface area contributed by atoms with E-state index in [1.807, 2.05) is 56.4 Å². The second kappa shape index (κ2) is 7.30. The largest absolute Gasteiger partial charge is 0.490 e. The average Bonchev–Trinajstić information content (AvgIpc) is 3.26. The second-order valence-corrected chi connectivity index (χ2v) is 6.83. The van der Waals surface area contributed by atoms with Crippen molar-refractivity contribution in [2.75, 3.05) is 5.32 Å². The zero-order valence-electron chi connectivity index (χ0n) is 15.6. The van der Waals surface area contributed by atoms with Gasteiger partial charge in [-0.05, 0) is 32.0 Å². The summed E-state index contributed by atoms with van der Waals surface area (Å²) in [5.74, 6) is 0.165. The van der Waals surface area contributed by atoms with E-state index in [9.17, 15) is 9.59 Å². The minimum absolute atomic E-state index is 0.0581. The van der Waals surface area contributed by atoms with Crippen molar-refractivity contribution in [1.29, 1.82) is 0 Å². The standard InChI is InChI=1S/C20H20N4O4/c1-12(2)27-15-6-4-3-5-14(15)13-7-9-17-21-20(23-24(17)11-13)22-19(26)16-8-10-18(25)28-16/h3-7,9,11-12,16H,8,10H2,1-2H3,(H,22,23,26)/t16-/m1/s1. The molecule has 0 radical (unpaired) electrons. The number of aromatic nitrogens is 3. The summed E-state index contributed by atoms with van der Waals surface area (Å²) in [6, 6.07) is 11.5. The molecule has 1 atom stereocenters. The minimum atomic E-state index is -0.783. The van der Waals surface area contributed by atoms with Gasteiger partial charge in [-0.15, -0.1) is 5.10 Å². The number of hydrogen-bond acceptors (Lipinski definition) is 6. The Morgan fingerprint density at radius 1 is 1.29 bits per heavy atom. The first kappa shape index (κ1) is 18.0. The highest BCUT2D eigenvalue weighted by Gasteiger charge is 2.30. The van der Waals surface area contributed by atoms with Crippen LogP contribution in [0.3, 0.4) is 0 Å². The maximum atomic E-state index is 12.2. The highest BCUT2D eigenvalue weighted by atomic mass is 16.6. The number of carbonyl (C=O) groups is 2. The third-order valence-corrected chi connectivity index (χ3v) is 4.30. The fourth-order valence-electron chi connectivity index (χ4n) is 3.06. The summed E-state index contributed by atoms with van der Waals surface area (Å²) in [4.78, 5) is 27.6. The van der Waals surface area contributed by atoms with E-state index < -0.39 is 12.0 Å². The molecule has 3 heterocycles. The Kier molecular flexibility index (Phi) is 4.68. The van der Waals surface area contributed by atoms with E-state index in [4.69, 9.17) is 9.47 Å². The van der Waals surface area contributed by atoms with E-state index in [1.165, 1.54) is 0 Å². The van der Waals surface area contributed by atoms with E-state index in [1.54, 1.807) is 4.52 Å². The molecule has 2 aromatic heterocycles. The van der Waals surface area contributed by atoms with Crippen LogP contribution in [-0.2, 0) is 14.3 Å². The van der Waals surface area contributed by atoms with Crippen molar-refractivity contribution in [3.8, 4) is 16.9 Å². The topological polar surface area (TPSA) is 94.8 Å². The summed E-state index contributed by atoms with van der Waals surface area (Å²) < 4.78 is 12.5. The summed E-state index contributed by atoms with van der Waals surface area (Å²) >= 11 is 0. The zero-order valence-corrected chi connectivity index (χ0v) is 15.6. The lowest BCUT2D eigenvalue weighted by molar-refractivity contribution is -0.146. The van der Waals surface area contributed by atoms with Gasteiger partial charge in [-0.3, -0.25) is 14.9 Å². The molecule has 1 N–H and O–H groups in total. The Labute approximate surface area is 161 Å². The first-order valence-electron chi connectivity index (χ1n) is 9.12. The molecular weight excluding hydrogens is 360 g/mol. The van der Waals surface area contributed by atoms with Gasteiger partial charge in [-0.25, -0.2) is 4.52 Å². The number of carbonyl (C=O) groups excluding carboxylic acids is 2. The van der Waals surface area contributed by atoms with Gasteiger partial charge in [0.15, 0.2) is 11.8 Å². The molecule has 1 aromatic carbocycles. The Morgan fingerprint density at radius 2 is 2.11 bits per heavy atom. The molecule has 0 unspecified atom stereocenters. The number of nitrogens with zero attached hydrogens (tertiary/aromatic N) is 3. The summed E-state index contributed by atoms with van der Waals surface area (Å²) in [5.41, 5.74) is 2.44. The number of nitrogens with one attached hydrogen (secondary N) is 1. The molecule has 1 aliphatic rings. The van der Waals surface area contributed by atoms with Gasteiger partial charge < -0.3 is 9.47 Å². The van der Waals surface area contributed by atoms with Crippen molar-refractivity contribution in [3.05, 3.63) is 42.6 Å². The lowest BCUT2D eigenvalue weighted by atomic mass is 10.1. The third kappa shape index (κ3) is 3.66. The van der Waals surface area contributed by atoms with Crippen molar-refractivity contribution in [3.63, 3.8) is 0 Å². The van der Waals surface area contributed by atoms with Gasteiger partial charge in [0.1, 0.15) is 5.75 Å². The number of hydrogen-bond donors (Lipinski definition) is 1. The van der Waals surface area contributed by atoms with Crippen LogP contribution >= 0.6 is 0 Å². The predicted molar refractivity (Wildman–Crippen MR) is 102 cm³/mol. The number of fused-ring (bicyclic) bond motifs is 1. The van der Waals surface area contributed by atoms with Crippen LogP contribution in [0.5, 0.6) is 5.75 Å². The second-order valence-electron chi connectivity index (χ2n) is 6.83. The molecule has 1 fully saturated rings. The first-order chi connectivity index (χ1) is 13.5. The molecule has 1 aliphatic heterocycles. The van der Waals surface area contributed by atoms with Crippen LogP contribution in [0.15, 0.2) is 42.6 Å². The van der Waals surface area contributed by atoms with Crippen LogP contribution < -0.4 is 10.1 Å². The smallest absolute Gasteiger partial charge is 0.306 e. The molecule has 1 saturated heterocycles. The molecule has 0 aliphatic carbocycles. The van der Waals surface area contributed by atoms with E-state index in [-0.39, 0.29) is 24.4 Å². The van der Waals surface area contributed by atoms with Crippen molar-refractivity contribution < 1.29 is 19.1 Å². The minimum Gasteiger partial charge on any atom is -0.490 e. The van der Waals surface area contributed by atoms with Crippen molar-refractivity contribution in [1.82, 2.24) is 14.6 Å². The summed E-state index contributed by atoms with van der Waals surface area (Å²) in [7, 11) is 0. The number of cyclic esters (lactones) is 1. The van der Waals surface area contributed by atoms with Gasteiger partial charge in [-0.2, -0.15) is 4.98 Å². The number of amides is 1. The molecule has 0 spiro atoms. The van der Waals surface area contributed by atoms with Crippen molar-refractivity contribution in [2.24, 2.45) is 0 Å². The molecule has 8 heteroatoms. The number of pyridine rings is 1. The van der Waals surface area contributed by atoms with Gasteiger partial charge >= 0.3 is 5.97 Å². The molecule has 8 nitrogen and oxygen atoms in total. The van der Waals surface area contributed by atoms with Crippen molar-refractivity contribution >= 4 is 23.5 Å². The van der Waals surface area contributed by atoms with E-state index in [0.717, 1.165) is 16.9 Å². The molecule has 144 valence electrons. The van der Waals surface area contributed by atoms with Crippen LogP contribution in [-0.4, -0.2) is 38.7 Å². The number of ether oxygens (including phenoxy) is 2. The summed E-state index contributed by atoms with van der Waals surface area (Å²) in [5, 5.41) is 6.92. The van der Waals surface area contributed by atoms with E-state index in [2.05, 4.69) is 15.4 Å². The Hall–Kier alpha value is -3.42. The molecule has 0 saturated carbocycles. The fraction of sp³-hybridized carbons (Fsp3) is 0.300. The van der Waals surface area contributed by atoms with Gasteiger partial charge in [0, 0.05) is 30.2 Å². The maximum absolute atomic E-state index is 12.2. The Morgan fingerprint density at radius 3 is 2.86 bits per heavy atom. The number of anilines is 1. The zero-order chi connectivity index (χ0) is 19.7. The normalized spacial score (nSPS) is 16.4. The highest BCUT2D eigenvalue weighted by Crippen LogP contribution is 2.30.